The topological polar surface area (TPSA) is 349 Å². The summed E-state index contributed by atoms with van der Waals surface area (Å²) in [7, 11) is 0. The monoisotopic (exact) mass is 1750 g/mol. The molecule has 0 spiro atoms. The van der Waals surface area contributed by atoms with Gasteiger partial charge in [-0.05, 0) is 214 Å². The number of ether oxygens (including phenoxy) is 7. The lowest BCUT2D eigenvalue weighted by Gasteiger charge is -2.27. The Morgan fingerprint density at radius 2 is 0.719 bits per heavy atom. The molecule has 13 aromatic rings. The first-order chi connectivity index (χ1) is 60.1. The second kappa shape index (κ2) is 43.7. The highest BCUT2D eigenvalue weighted by Crippen LogP contribution is 2.38. The molecule has 1 fully saturated rings. The molecule has 5 aromatic heterocycles. The van der Waals surface area contributed by atoms with E-state index in [0.29, 0.717) is 35.1 Å². The van der Waals surface area contributed by atoms with Gasteiger partial charge in [0, 0.05) is 35.3 Å². The van der Waals surface area contributed by atoms with Crippen molar-refractivity contribution in [3.05, 3.63) is 236 Å². The van der Waals surface area contributed by atoms with Crippen molar-refractivity contribution in [3.8, 4) is 45.3 Å². The Morgan fingerprint density at radius 1 is 0.367 bits per heavy atom. The summed E-state index contributed by atoms with van der Waals surface area (Å²) in [6, 6.07) is 68.8. The van der Waals surface area contributed by atoms with E-state index < -0.39 is 69.7 Å². The van der Waals surface area contributed by atoms with Crippen molar-refractivity contribution in [3.63, 3.8) is 0 Å². The number of aromatic nitrogens is 10. The summed E-state index contributed by atoms with van der Waals surface area (Å²) in [5.41, 5.74) is 7.26. The Labute approximate surface area is 748 Å². The van der Waals surface area contributed by atoms with Gasteiger partial charge in [0.15, 0.2) is 11.6 Å². The van der Waals surface area contributed by atoms with Crippen LogP contribution in [0.2, 0.25) is 0 Å². The van der Waals surface area contributed by atoms with Crippen LogP contribution in [0.25, 0.3) is 89.4 Å². The van der Waals surface area contributed by atoms with Crippen LogP contribution < -0.4 is 5.32 Å². The fourth-order valence-corrected chi connectivity index (χ4v) is 12.5. The van der Waals surface area contributed by atoms with Gasteiger partial charge in [-0.15, -0.1) is 0 Å². The second-order valence-electron chi connectivity index (χ2n) is 36.5. The van der Waals surface area contributed by atoms with Crippen molar-refractivity contribution in [2.24, 2.45) is 0 Å². The zero-order valence-corrected chi connectivity index (χ0v) is 77.4. The molecule has 1 saturated heterocycles. The minimum absolute atomic E-state index is 0.0270. The third kappa shape index (κ3) is 29.9. The van der Waals surface area contributed by atoms with Gasteiger partial charge in [-0.3, -0.25) is 0 Å². The van der Waals surface area contributed by atoms with Gasteiger partial charge in [-0.1, -0.05) is 170 Å². The summed E-state index contributed by atoms with van der Waals surface area (Å²) >= 11 is 0. The van der Waals surface area contributed by atoms with E-state index >= 15 is 0 Å². The number of carbonyl (C=O) groups is 7. The molecule has 6 heterocycles. The zero-order chi connectivity index (χ0) is 94.3. The molecule has 0 bridgehead atoms. The van der Waals surface area contributed by atoms with Gasteiger partial charge in [0.2, 0.25) is 0 Å². The maximum Gasteiger partial charge on any atom is 0.420 e. The van der Waals surface area contributed by atoms with E-state index in [0.717, 1.165) is 79.6 Å². The van der Waals surface area contributed by atoms with Gasteiger partial charge >= 0.3 is 42.7 Å². The van der Waals surface area contributed by atoms with Crippen LogP contribution in [0, 0.1) is 6.92 Å². The molecule has 0 radical (unpaired) electrons. The number of aryl methyl sites for hydroxylation is 1. The number of hydrogen-bond acceptors (Lipinski definition) is 22. The zero-order valence-electron chi connectivity index (χ0n) is 77.4. The number of amides is 2. The van der Waals surface area contributed by atoms with Crippen molar-refractivity contribution in [2.45, 2.75) is 217 Å². The highest BCUT2D eigenvalue weighted by molar-refractivity contribution is 5.94. The molecule has 2 amide bonds. The van der Waals surface area contributed by atoms with Crippen molar-refractivity contribution in [1.82, 2.24) is 58.0 Å². The lowest BCUT2D eigenvalue weighted by Crippen LogP contribution is -2.41. The molecule has 680 valence electrons. The molecule has 1 aliphatic rings. The number of aliphatic hydroxyl groups excluding tert-OH is 3. The van der Waals surface area contributed by atoms with Crippen LogP contribution in [0.5, 0.6) is 0 Å². The number of para-hydroxylation sites is 8. The van der Waals surface area contributed by atoms with Crippen LogP contribution in [0.15, 0.2) is 225 Å². The maximum atomic E-state index is 13.4. The normalized spacial score (nSPS) is 12.7. The van der Waals surface area contributed by atoms with Crippen molar-refractivity contribution in [1.29, 1.82) is 0 Å². The van der Waals surface area contributed by atoms with Gasteiger partial charge in [-0.2, -0.15) is 0 Å². The van der Waals surface area contributed by atoms with Gasteiger partial charge < -0.3 is 58.7 Å². The molecule has 8 aromatic carbocycles. The second-order valence-corrected chi connectivity index (χ2v) is 36.5. The van der Waals surface area contributed by atoms with Crippen molar-refractivity contribution in [2.75, 3.05) is 26.3 Å². The molecule has 1 unspecified atom stereocenters. The number of fused-ring (bicyclic) bond motifs is 4. The third-order valence-electron chi connectivity index (χ3n) is 17.4. The average Bonchev–Trinajstić information content (AvgIpc) is 1.61. The van der Waals surface area contributed by atoms with E-state index in [2.05, 4.69) is 25.3 Å². The smallest absolute Gasteiger partial charge is 0.420 e. The van der Waals surface area contributed by atoms with Gasteiger partial charge in [0.1, 0.15) is 63.8 Å². The summed E-state index contributed by atoms with van der Waals surface area (Å²) in [6.07, 6.45) is 0.319. The van der Waals surface area contributed by atoms with Gasteiger partial charge in [-0.25, -0.2) is 81.3 Å². The molecule has 0 saturated carbocycles. The van der Waals surface area contributed by atoms with E-state index in [1.165, 1.54) is 24.6 Å². The minimum Gasteiger partial charge on any atom is -0.444 e. The number of aliphatic hydroxyl groups is 3. The number of hydrogen-bond donors (Lipinski definition) is 4. The van der Waals surface area contributed by atoms with E-state index in [1.807, 2.05) is 310 Å². The summed E-state index contributed by atoms with van der Waals surface area (Å²) in [4.78, 5) is 108. The van der Waals surface area contributed by atoms with Crippen LogP contribution >= 0.6 is 0 Å². The lowest BCUT2D eigenvalue weighted by molar-refractivity contribution is 0.0174. The van der Waals surface area contributed by atoms with E-state index in [9.17, 15) is 38.7 Å². The fourth-order valence-electron chi connectivity index (χ4n) is 12.5. The standard InChI is InChI=1S/C26H24N2O2.C18H18N2O2.C13H16N2O3.C13H16N2O2.C12H14N2O2.C10H19NO3.C7H15NO3/c1-26(2,3)30-25(29)28-23(20-15-9-5-10-16-20)22(19-13-7-4-8-14-19)27-24(28)21-17-11-6-12-18-21;1-18(2,3)22-17(21)20-15-12-8-7-11-14(15)19-16(20)13-9-5-4-6-10-13;1-13(2,3)18-12(17)15-10-7-5-4-6-9(10)14-11(15)8-16;1-9-14-10-7-5-6-8-11(10)15(9)12(16)17-13(2,3)4;1-12(2,3)16-11(15)14-8-13-9-6-4-5-7-10(9)14;1-10(2,3)14-9(13)11-6-4-5-8(11)7-12;1-7(2,3)11-6(10)8-4-5-9/h4-18H,1-3H3;4-12H,1-3H3;4-7,16H,8H2,1-3H3;5-8H,1-4H3;4-8H,1-3H3;8,12H,4-7H2,1-3H3;9H,4-5H2,1-3H3,(H,8,10). The third-order valence-corrected chi connectivity index (χ3v) is 17.4. The Balaban J connectivity index is 0.000000189. The Kier molecular flexibility index (Phi) is 34.1. The number of likely N-dealkylation sites (tertiary alicyclic amines) is 1. The number of nitrogens with zero attached hydrogens (tertiary/aromatic N) is 11. The SMILES string of the molecule is CC(C)(C)OC(=O)N1CCCC1CO.CC(C)(C)OC(=O)NCCO.CC(C)(C)OC(=O)n1c(-c2ccccc2)nc(-c2ccccc2)c1-c1ccccc1.CC(C)(C)OC(=O)n1c(-c2ccccc2)nc2ccccc21.CC(C)(C)OC(=O)n1c(CO)nc2ccccc21.CC(C)(C)OC(=O)n1cnc2ccccc21.Cc1nc2ccccc2n1C(=O)OC(C)(C)C. The molecular weight excluding hydrogens is 1630 g/mol. The Bertz CT molecular complexity index is 5850. The highest BCUT2D eigenvalue weighted by atomic mass is 16.6. The molecule has 1 aliphatic heterocycles. The van der Waals surface area contributed by atoms with Crippen molar-refractivity contribution < 1.29 is 82.0 Å². The predicted octanol–water partition coefficient (Wildman–Crippen LogP) is 21.3. The molecular formula is C99H122N12O17. The molecule has 29 nitrogen and oxygen atoms in total. The molecule has 4 N–H and O–H groups in total. The highest BCUT2D eigenvalue weighted by Gasteiger charge is 2.34. The Morgan fingerprint density at radius 3 is 1.16 bits per heavy atom. The average molecular weight is 1750 g/mol. The first kappa shape index (κ1) is 100. The fraction of sp³-hybridized carbons (Fsp3) is 0.374. The van der Waals surface area contributed by atoms with Crippen LogP contribution in [-0.2, 0) is 39.8 Å². The number of benzene rings is 8. The molecule has 1 atom stereocenters. The number of rotatable bonds is 8. The molecule has 0 aliphatic carbocycles. The van der Waals surface area contributed by atoms with Crippen molar-refractivity contribution >= 4 is 86.8 Å². The first-order valence-electron chi connectivity index (χ1n) is 42.2. The minimum atomic E-state index is -0.629. The summed E-state index contributed by atoms with van der Waals surface area (Å²) < 4.78 is 44.7. The van der Waals surface area contributed by atoms with E-state index in [-0.39, 0.29) is 50.4 Å². The molecule has 128 heavy (non-hydrogen) atoms. The summed E-state index contributed by atoms with van der Waals surface area (Å²) in [6.45, 7) is 40.8. The number of nitrogens with one attached hydrogen (secondary N) is 1. The number of alkyl carbamates (subject to hydrolysis) is 1. The number of imidazole rings is 5. The molecule has 14 rings (SSSR count). The maximum absolute atomic E-state index is 13.4. The summed E-state index contributed by atoms with van der Waals surface area (Å²) in [5.74, 6) is 2.07. The lowest BCUT2D eigenvalue weighted by atomic mass is 10.0. The quantitative estimate of drug-likeness (QED) is 0.103. The Hall–Kier alpha value is -13.4. The van der Waals surface area contributed by atoms with Gasteiger partial charge in [0.25, 0.3) is 0 Å². The van der Waals surface area contributed by atoms with E-state index in [4.69, 9.17) is 48.4 Å². The van der Waals surface area contributed by atoms with Crippen LogP contribution in [0.4, 0.5) is 33.6 Å². The van der Waals surface area contributed by atoms with Crippen LogP contribution in [-0.4, -0.2) is 182 Å². The largest absolute Gasteiger partial charge is 0.444 e. The first-order valence-corrected chi connectivity index (χ1v) is 42.2. The van der Waals surface area contributed by atoms with Crippen LogP contribution in [0.3, 0.4) is 0 Å². The number of carbonyl (C=O) groups excluding carboxylic acids is 7. The van der Waals surface area contributed by atoms with E-state index in [1.54, 1.807) is 70.1 Å². The van der Waals surface area contributed by atoms with Gasteiger partial charge in [0.05, 0.1) is 74.8 Å². The molecule has 29 heteroatoms. The van der Waals surface area contributed by atoms with Crippen LogP contribution in [0.1, 0.15) is 170 Å². The summed E-state index contributed by atoms with van der Waals surface area (Å²) in [5, 5.41) is 29.0. The predicted molar refractivity (Wildman–Crippen MR) is 496 cm³/mol.